The van der Waals surface area contributed by atoms with E-state index in [1.807, 2.05) is 6.07 Å². The predicted molar refractivity (Wildman–Crippen MR) is 89.7 cm³/mol. The van der Waals surface area contributed by atoms with Crippen molar-refractivity contribution in [2.75, 3.05) is 19.6 Å². The molecule has 1 aliphatic heterocycles. The summed E-state index contributed by atoms with van der Waals surface area (Å²) in [7, 11) is 0. The highest BCUT2D eigenvalue weighted by atomic mass is 16.2. The lowest BCUT2D eigenvalue weighted by atomic mass is 10.0. The Morgan fingerprint density at radius 3 is 2.55 bits per heavy atom. The van der Waals surface area contributed by atoms with Crippen LogP contribution in [0.1, 0.15) is 44.6 Å². The third-order valence-electron chi connectivity index (χ3n) is 4.91. The number of nitrogens with one attached hydrogen (secondary N) is 1. The van der Waals surface area contributed by atoms with Crippen molar-refractivity contribution in [1.82, 2.24) is 10.2 Å². The molecular weight excluding hydrogens is 272 g/mol. The van der Waals surface area contributed by atoms with Crippen molar-refractivity contribution < 1.29 is 4.79 Å². The summed E-state index contributed by atoms with van der Waals surface area (Å²) in [6.45, 7) is 7.96. The number of piperidine rings is 1. The molecule has 1 saturated carbocycles. The molecular formula is C19H28N2O. The average Bonchev–Trinajstić information content (AvgIpc) is 3.30. The molecule has 0 bridgehead atoms. The van der Waals surface area contributed by atoms with Gasteiger partial charge in [0.05, 0.1) is 0 Å². The lowest BCUT2D eigenvalue weighted by molar-refractivity contribution is -0.123. The van der Waals surface area contributed by atoms with Gasteiger partial charge in [0.2, 0.25) is 5.91 Å². The lowest BCUT2D eigenvalue weighted by Gasteiger charge is -2.33. The standard InChI is InChI=1S/C19H28N2O/c1-14(2)13-21-10-8-16(9-11-21)20-19(22)18-12-17(18)15-6-4-3-5-7-15/h3-7,14,16-18H,8-13H2,1-2H3,(H,20,22)/t17-,18+/m0/s1. The number of carbonyl (C=O) groups is 1. The fraction of sp³-hybridized carbons (Fsp3) is 0.632. The van der Waals surface area contributed by atoms with Crippen LogP contribution in [0.2, 0.25) is 0 Å². The minimum Gasteiger partial charge on any atom is -0.353 e. The van der Waals surface area contributed by atoms with Crippen LogP contribution in [0, 0.1) is 11.8 Å². The predicted octanol–water partition coefficient (Wildman–Crippen LogP) is 3.03. The Balaban J connectivity index is 1.42. The van der Waals surface area contributed by atoms with Crippen LogP contribution in [0.4, 0.5) is 0 Å². The first-order valence-corrected chi connectivity index (χ1v) is 8.71. The highest BCUT2D eigenvalue weighted by Gasteiger charge is 2.44. The molecule has 1 saturated heterocycles. The molecule has 0 unspecified atom stereocenters. The summed E-state index contributed by atoms with van der Waals surface area (Å²) in [5, 5.41) is 3.29. The van der Waals surface area contributed by atoms with Gasteiger partial charge in [0.15, 0.2) is 0 Å². The monoisotopic (exact) mass is 300 g/mol. The molecule has 1 aliphatic carbocycles. The first kappa shape index (κ1) is 15.5. The van der Waals surface area contributed by atoms with Crippen molar-refractivity contribution in [3.8, 4) is 0 Å². The number of likely N-dealkylation sites (tertiary alicyclic amines) is 1. The fourth-order valence-corrected chi connectivity index (χ4v) is 3.64. The summed E-state index contributed by atoms with van der Waals surface area (Å²) in [6, 6.07) is 10.8. The van der Waals surface area contributed by atoms with Gasteiger partial charge in [-0.2, -0.15) is 0 Å². The topological polar surface area (TPSA) is 32.3 Å². The van der Waals surface area contributed by atoms with Gasteiger partial charge >= 0.3 is 0 Å². The van der Waals surface area contributed by atoms with Gasteiger partial charge in [-0.3, -0.25) is 4.79 Å². The van der Waals surface area contributed by atoms with E-state index in [1.54, 1.807) is 0 Å². The zero-order valence-electron chi connectivity index (χ0n) is 13.8. The van der Waals surface area contributed by atoms with E-state index < -0.39 is 0 Å². The molecule has 120 valence electrons. The molecule has 0 spiro atoms. The normalized spacial score (nSPS) is 26.1. The van der Waals surface area contributed by atoms with Gasteiger partial charge in [0.25, 0.3) is 0 Å². The van der Waals surface area contributed by atoms with Gasteiger partial charge < -0.3 is 10.2 Å². The molecule has 3 rings (SSSR count). The molecule has 1 amide bonds. The van der Waals surface area contributed by atoms with Crippen LogP contribution in [-0.4, -0.2) is 36.5 Å². The number of benzene rings is 1. The van der Waals surface area contributed by atoms with Gasteiger partial charge in [-0.25, -0.2) is 0 Å². The summed E-state index contributed by atoms with van der Waals surface area (Å²) in [5.41, 5.74) is 1.31. The molecule has 0 aromatic heterocycles. The highest BCUT2D eigenvalue weighted by Crippen LogP contribution is 2.47. The van der Waals surface area contributed by atoms with E-state index in [-0.39, 0.29) is 11.8 Å². The summed E-state index contributed by atoms with van der Waals surface area (Å²) < 4.78 is 0. The first-order chi connectivity index (χ1) is 10.6. The zero-order chi connectivity index (χ0) is 15.5. The minimum absolute atomic E-state index is 0.205. The average molecular weight is 300 g/mol. The molecule has 1 N–H and O–H groups in total. The quantitative estimate of drug-likeness (QED) is 0.906. The van der Waals surface area contributed by atoms with Crippen molar-refractivity contribution in [3.05, 3.63) is 35.9 Å². The zero-order valence-corrected chi connectivity index (χ0v) is 13.8. The molecule has 0 radical (unpaired) electrons. The van der Waals surface area contributed by atoms with E-state index in [1.165, 1.54) is 12.1 Å². The molecule has 1 aromatic rings. The van der Waals surface area contributed by atoms with Crippen LogP contribution < -0.4 is 5.32 Å². The third kappa shape index (κ3) is 3.89. The third-order valence-corrected chi connectivity index (χ3v) is 4.91. The van der Waals surface area contributed by atoms with Crippen LogP contribution in [0.3, 0.4) is 0 Å². The minimum atomic E-state index is 0.205. The summed E-state index contributed by atoms with van der Waals surface area (Å²) in [4.78, 5) is 14.9. The Labute approximate surface area is 134 Å². The van der Waals surface area contributed by atoms with Crippen LogP contribution in [0.15, 0.2) is 30.3 Å². The molecule has 2 aliphatic rings. The van der Waals surface area contributed by atoms with Crippen LogP contribution >= 0.6 is 0 Å². The second kappa shape index (κ2) is 6.82. The molecule has 2 fully saturated rings. The van der Waals surface area contributed by atoms with Crippen molar-refractivity contribution >= 4 is 5.91 Å². The Kier molecular flexibility index (Phi) is 4.82. The van der Waals surface area contributed by atoms with Gasteiger partial charge in [0.1, 0.15) is 0 Å². The van der Waals surface area contributed by atoms with Gasteiger partial charge in [-0.1, -0.05) is 44.2 Å². The fourth-order valence-electron chi connectivity index (χ4n) is 3.64. The largest absolute Gasteiger partial charge is 0.353 e. The molecule has 22 heavy (non-hydrogen) atoms. The smallest absolute Gasteiger partial charge is 0.223 e. The van der Waals surface area contributed by atoms with Crippen LogP contribution in [0.5, 0.6) is 0 Å². The van der Waals surface area contributed by atoms with E-state index in [0.29, 0.717) is 12.0 Å². The lowest BCUT2D eigenvalue weighted by Crippen LogP contribution is -2.46. The maximum atomic E-state index is 12.4. The van der Waals surface area contributed by atoms with Crippen LogP contribution in [0.25, 0.3) is 0 Å². The summed E-state index contributed by atoms with van der Waals surface area (Å²) in [5.74, 6) is 1.65. The number of carbonyl (C=O) groups excluding carboxylic acids is 1. The summed E-state index contributed by atoms with van der Waals surface area (Å²) >= 11 is 0. The second-order valence-electron chi connectivity index (χ2n) is 7.34. The molecule has 3 heteroatoms. The maximum Gasteiger partial charge on any atom is 0.223 e. The summed E-state index contributed by atoms with van der Waals surface area (Å²) in [6.07, 6.45) is 3.21. The number of hydrogen-bond acceptors (Lipinski definition) is 2. The number of hydrogen-bond donors (Lipinski definition) is 1. The number of rotatable bonds is 5. The Morgan fingerprint density at radius 1 is 1.23 bits per heavy atom. The van der Waals surface area contributed by atoms with Crippen molar-refractivity contribution in [2.24, 2.45) is 11.8 Å². The van der Waals surface area contributed by atoms with Crippen molar-refractivity contribution in [3.63, 3.8) is 0 Å². The number of nitrogens with zero attached hydrogens (tertiary/aromatic N) is 1. The number of amides is 1. The van der Waals surface area contributed by atoms with E-state index >= 15 is 0 Å². The Morgan fingerprint density at radius 2 is 1.91 bits per heavy atom. The molecule has 1 heterocycles. The van der Waals surface area contributed by atoms with Crippen molar-refractivity contribution in [2.45, 2.75) is 45.1 Å². The Bertz CT molecular complexity index is 491. The first-order valence-electron chi connectivity index (χ1n) is 8.71. The molecule has 2 atom stereocenters. The van der Waals surface area contributed by atoms with Crippen LogP contribution in [-0.2, 0) is 4.79 Å². The SMILES string of the molecule is CC(C)CN1CCC(NC(=O)[C@@H]2C[C@H]2c2ccccc2)CC1. The van der Waals surface area contributed by atoms with E-state index in [0.717, 1.165) is 38.3 Å². The van der Waals surface area contributed by atoms with Gasteiger partial charge in [0, 0.05) is 31.6 Å². The highest BCUT2D eigenvalue weighted by molar-refractivity contribution is 5.83. The molecule has 3 nitrogen and oxygen atoms in total. The van der Waals surface area contributed by atoms with Crippen molar-refractivity contribution in [1.29, 1.82) is 0 Å². The van der Waals surface area contributed by atoms with Gasteiger partial charge in [-0.05, 0) is 36.7 Å². The molecule has 1 aromatic carbocycles. The van der Waals surface area contributed by atoms with E-state index in [4.69, 9.17) is 0 Å². The van der Waals surface area contributed by atoms with E-state index in [2.05, 4.69) is 48.3 Å². The van der Waals surface area contributed by atoms with E-state index in [9.17, 15) is 4.79 Å². The maximum absolute atomic E-state index is 12.4. The van der Waals surface area contributed by atoms with Gasteiger partial charge in [-0.15, -0.1) is 0 Å². The Hall–Kier alpha value is -1.35. The second-order valence-corrected chi connectivity index (χ2v) is 7.34.